The fourth-order valence-electron chi connectivity index (χ4n) is 1.45. The van der Waals surface area contributed by atoms with Crippen LogP contribution in [0.2, 0.25) is 10.0 Å². The molecule has 1 aromatic carbocycles. The molecule has 0 unspecified atom stereocenters. The topological polar surface area (TPSA) is 32.7 Å². The Hall–Kier alpha value is -0.480. The van der Waals surface area contributed by atoms with E-state index in [4.69, 9.17) is 27.9 Å². The Labute approximate surface area is 112 Å². The first-order chi connectivity index (χ1) is 8.04. The predicted molar refractivity (Wildman–Crippen MR) is 71.1 cm³/mol. The third kappa shape index (κ3) is 4.72. The van der Waals surface area contributed by atoms with Crippen LogP contribution in [0.5, 0.6) is 5.75 Å². The van der Waals surface area contributed by atoms with Crippen LogP contribution in [0.3, 0.4) is 0 Å². The molecule has 0 aliphatic carbocycles. The average molecular weight is 278 g/mol. The minimum Gasteiger partial charge on any atom is -0.492 e. The van der Waals surface area contributed by atoms with Gasteiger partial charge in [-0.3, -0.25) is 0 Å². The summed E-state index contributed by atoms with van der Waals surface area (Å²) in [6, 6.07) is 3.28. The third-order valence-electron chi connectivity index (χ3n) is 2.25. The average Bonchev–Trinajstić information content (AvgIpc) is 2.25. The standard InChI is InChI=1S/C12H17Cl2NO2/c1-15(2)4-3-5-17-12-9(8-16)6-10(13)7-11(12)14/h6-7,16H,3-5,8H2,1-2H3. The number of nitrogens with zero attached hydrogens (tertiary/aromatic N) is 1. The molecule has 0 heterocycles. The number of rotatable bonds is 6. The highest BCUT2D eigenvalue weighted by atomic mass is 35.5. The van der Waals surface area contributed by atoms with E-state index in [-0.39, 0.29) is 6.61 Å². The molecule has 0 saturated heterocycles. The highest BCUT2D eigenvalue weighted by molar-refractivity contribution is 6.35. The molecular formula is C12H17Cl2NO2. The molecule has 3 nitrogen and oxygen atoms in total. The monoisotopic (exact) mass is 277 g/mol. The van der Waals surface area contributed by atoms with Gasteiger partial charge >= 0.3 is 0 Å². The Morgan fingerprint density at radius 2 is 2.00 bits per heavy atom. The van der Waals surface area contributed by atoms with E-state index in [1.807, 2.05) is 14.1 Å². The molecule has 0 spiro atoms. The molecule has 96 valence electrons. The van der Waals surface area contributed by atoms with Crippen LogP contribution in [0, 0.1) is 0 Å². The van der Waals surface area contributed by atoms with Crippen molar-refractivity contribution in [3.05, 3.63) is 27.7 Å². The van der Waals surface area contributed by atoms with E-state index in [0.717, 1.165) is 13.0 Å². The maximum absolute atomic E-state index is 9.21. The first kappa shape index (κ1) is 14.6. The van der Waals surface area contributed by atoms with Crippen LogP contribution in [0.4, 0.5) is 0 Å². The summed E-state index contributed by atoms with van der Waals surface area (Å²) in [5.74, 6) is 0.525. The van der Waals surface area contributed by atoms with Crippen LogP contribution in [-0.4, -0.2) is 37.3 Å². The zero-order valence-electron chi connectivity index (χ0n) is 10.0. The van der Waals surface area contributed by atoms with Crippen molar-refractivity contribution in [2.24, 2.45) is 0 Å². The molecule has 0 radical (unpaired) electrons. The van der Waals surface area contributed by atoms with Crippen LogP contribution in [0.1, 0.15) is 12.0 Å². The zero-order chi connectivity index (χ0) is 12.8. The molecule has 0 aliphatic heterocycles. The van der Waals surface area contributed by atoms with Crippen LogP contribution in [-0.2, 0) is 6.61 Å². The first-order valence-electron chi connectivity index (χ1n) is 5.41. The minimum atomic E-state index is -0.136. The lowest BCUT2D eigenvalue weighted by molar-refractivity contribution is 0.253. The van der Waals surface area contributed by atoms with Crippen LogP contribution < -0.4 is 4.74 Å². The molecule has 1 aromatic rings. The summed E-state index contributed by atoms with van der Waals surface area (Å²) >= 11 is 11.9. The van der Waals surface area contributed by atoms with Crippen LogP contribution in [0.25, 0.3) is 0 Å². The van der Waals surface area contributed by atoms with E-state index in [9.17, 15) is 5.11 Å². The summed E-state index contributed by atoms with van der Waals surface area (Å²) in [5, 5.41) is 10.1. The number of aliphatic hydroxyl groups excluding tert-OH is 1. The van der Waals surface area contributed by atoms with Crippen molar-refractivity contribution in [2.45, 2.75) is 13.0 Å². The third-order valence-corrected chi connectivity index (χ3v) is 2.75. The van der Waals surface area contributed by atoms with Gasteiger partial charge in [-0.2, -0.15) is 0 Å². The van der Waals surface area contributed by atoms with Crippen molar-refractivity contribution < 1.29 is 9.84 Å². The second kappa shape index (κ2) is 7.07. The SMILES string of the molecule is CN(C)CCCOc1c(Cl)cc(Cl)cc1CO. The lowest BCUT2D eigenvalue weighted by atomic mass is 10.2. The Morgan fingerprint density at radius 1 is 1.29 bits per heavy atom. The van der Waals surface area contributed by atoms with E-state index in [0.29, 0.717) is 28.0 Å². The van der Waals surface area contributed by atoms with Crippen molar-refractivity contribution in [3.8, 4) is 5.75 Å². The zero-order valence-corrected chi connectivity index (χ0v) is 11.6. The van der Waals surface area contributed by atoms with E-state index < -0.39 is 0 Å². The van der Waals surface area contributed by atoms with Gasteiger partial charge in [0.2, 0.25) is 0 Å². The van der Waals surface area contributed by atoms with Gasteiger partial charge in [-0.1, -0.05) is 23.2 Å². The normalized spacial score (nSPS) is 10.9. The fourth-order valence-corrected chi connectivity index (χ4v) is 2.04. The fraction of sp³-hybridized carbons (Fsp3) is 0.500. The molecule has 0 aromatic heterocycles. The van der Waals surface area contributed by atoms with Crippen molar-refractivity contribution >= 4 is 23.2 Å². The van der Waals surface area contributed by atoms with Crippen LogP contribution in [0.15, 0.2) is 12.1 Å². The number of hydrogen-bond donors (Lipinski definition) is 1. The van der Waals surface area contributed by atoms with E-state index in [1.54, 1.807) is 12.1 Å². The second-order valence-corrected chi connectivity index (χ2v) is 4.88. The summed E-state index contributed by atoms with van der Waals surface area (Å²) in [4.78, 5) is 2.08. The summed E-state index contributed by atoms with van der Waals surface area (Å²) in [5.41, 5.74) is 0.618. The number of halogens is 2. The lowest BCUT2D eigenvalue weighted by Gasteiger charge is -2.14. The maximum Gasteiger partial charge on any atom is 0.143 e. The molecule has 0 bridgehead atoms. The summed E-state index contributed by atoms with van der Waals surface area (Å²) < 4.78 is 5.59. The molecule has 17 heavy (non-hydrogen) atoms. The highest BCUT2D eigenvalue weighted by Gasteiger charge is 2.09. The van der Waals surface area contributed by atoms with Gasteiger partial charge in [0.1, 0.15) is 5.75 Å². The quantitative estimate of drug-likeness (QED) is 0.812. The molecule has 0 aliphatic rings. The van der Waals surface area contributed by atoms with Crippen molar-refractivity contribution in [3.63, 3.8) is 0 Å². The van der Waals surface area contributed by atoms with Gasteiger partial charge in [-0.25, -0.2) is 0 Å². The second-order valence-electron chi connectivity index (χ2n) is 4.04. The number of benzene rings is 1. The van der Waals surface area contributed by atoms with Gasteiger partial charge in [0.05, 0.1) is 18.2 Å². The Kier molecular flexibility index (Phi) is 6.06. The number of aliphatic hydroxyl groups is 1. The number of ether oxygens (including phenoxy) is 1. The highest BCUT2D eigenvalue weighted by Crippen LogP contribution is 2.32. The molecule has 5 heteroatoms. The predicted octanol–water partition coefficient (Wildman–Crippen LogP) is 2.82. The molecule has 0 atom stereocenters. The molecule has 0 fully saturated rings. The molecular weight excluding hydrogens is 261 g/mol. The molecule has 0 amide bonds. The lowest BCUT2D eigenvalue weighted by Crippen LogP contribution is -2.15. The van der Waals surface area contributed by atoms with Gasteiger partial charge in [0.25, 0.3) is 0 Å². The Bertz CT molecular complexity index is 370. The first-order valence-corrected chi connectivity index (χ1v) is 6.16. The number of hydrogen-bond acceptors (Lipinski definition) is 3. The summed E-state index contributed by atoms with van der Waals surface area (Å²) in [6.45, 7) is 1.37. The Balaban J connectivity index is 2.63. The smallest absolute Gasteiger partial charge is 0.143 e. The van der Waals surface area contributed by atoms with Gasteiger partial charge in [-0.05, 0) is 32.6 Å². The van der Waals surface area contributed by atoms with Gasteiger partial charge in [0.15, 0.2) is 0 Å². The van der Waals surface area contributed by atoms with Crippen molar-refractivity contribution in [1.29, 1.82) is 0 Å². The summed E-state index contributed by atoms with van der Waals surface area (Å²) in [7, 11) is 4.02. The van der Waals surface area contributed by atoms with Gasteiger partial charge < -0.3 is 14.7 Å². The van der Waals surface area contributed by atoms with Gasteiger partial charge in [-0.15, -0.1) is 0 Å². The van der Waals surface area contributed by atoms with Gasteiger partial charge in [0, 0.05) is 17.1 Å². The van der Waals surface area contributed by atoms with E-state index in [2.05, 4.69) is 4.90 Å². The van der Waals surface area contributed by atoms with Crippen molar-refractivity contribution in [1.82, 2.24) is 4.90 Å². The largest absolute Gasteiger partial charge is 0.492 e. The Morgan fingerprint density at radius 3 is 2.59 bits per heavy atom. The molecule has 0 saturated carbocycles. The van der Waals surface area contributed by atoms with E-state index >= 15 is 0 Å². The summed E-state index contributed by atoms with van der Waals surface area (Å²) in [6.07, 6.45) is 0.900. The molecule has 1 rings (SSSR count). The van der Waals surface area contributed by atoms with E-state index in [1.165, 1.54) is 0 Å². The van der Waals surface area contributed by atoms with Crippen LogP contribution >= 0.6 is 23.2 Å². The minimum absolute atomic E-state index is 0.136. The maximum atomic E-state index is 9.21. The van der Waals surface area contributed by atoms with Crippen molar-refractivity contribution in [2.75, 3.05) is 27.2 Å². The molecule has 1 N–H and O–H groups in total.